The summed E-state index contributed by atoms with van der Waals surface area (Å²) in [6.45, 7) is 9.97. The zero-order valence-corrected chi connectivity index (χ0v) is 12.1. The number of hydrogen-bond donors (Lipinski definition) is 1. The van der Waals surface area contributed by atoms with Gasteiger partial charge in [-0.3, -0.25) is 0 Å². The summed E-state index contributed by atoms with van der Waals surface area (Å²) in [6, 6.07) is 0. The average Bonchev–Trinajstić information content (AvgIpc) is 2.28. The molecular formula is C15H31NO. The highest BCUT2D eigenvalue weighted by Gasteiger charge is 2.32. The van der Waals surface area contributed by atoms with Gasteiger partial charge in [0.25, 0.3) is 0 Å². The molecule has 1 aliphatic carbocycles. The summed E-state index contributed by atoms with van der Waals surface area (Å²) >= 11 is 0. The van der Waals surface area contributed by atoms with E-state index in [1.165, 1.54) is 19.3 Å². The maximum absolute atomic E-state index is 6.35. The van der Waals surface area contributed by atoms with E-state index in [1.54, 1.807) is 0 Å². The number of rotatable bonds is 6. The van der Waals surface area contributed by atoms with Gasteiger partial charge in [-0.15, -0.1) is 0 Å². The third-order valence-corrected chi connectivity index (χ3v) is 4.27. The first kappa shape index (κ1) is 15.0. The molecule has 0 radical (unpaired) electrons. The van der Waals surface area contributed by atoms with Gasteiger partial charge in [-0.05, 0) is 50.0 Å². The standard InChI is InChI=1S/C15H31NO/c1-5-13(8-9-16)17-15-10-12(4)6-7-14(15)11(2)3/h11-15H,5-10,16H2,1-4H3. The maximum Gasteiger partial charge on any atom is 0.0612 e. The van der Waals surface area contributed by atoms with Crippen LogP contribution in [0.2, 0.25) is 0 Å². The lowest BCUT2D eigenvalue weighted by atomic mass is 9.75. The molecule has 4 unspecified atom stereocenters. The van der Waals surface area contributed by atoms with Gasteiger partial charge in [0.05, 0.1) is 12.2 Å². The third-order valence-electron chi connectivity index (χ3n) is 4.27. The molecule has 0 aromatic carbocycles. The Labute approximate surface area is 107 Å². The minimum absolute atomic E-state index is 0.372. The van der Waals surface area contributed by atoms with Crippen molar-refractivity contribution < 1.29 is 4.74 Å². The van der Waals surface area contributed by atoms with Crippen molar-refractivity contribution in [2.75, 3.05) is 6.54 Å². The Bertz CT molecular complexity index is 205. The second-order valence-electron chi connectivity index (χ2n) is 6.11. The van der Waals surface area contributed by atoms with Crippen molar-refractivity contribution in [1.29, 1.82) is 0 Å². The van der Waals surface area contributed by atoms with Crippen LogP contribution in [0.25, 0.3) is 0 Å². The van der Waals surface area contributed by atoms with E-state index >= 15 is 0 Å². The van der Waals surface area contributed by atoms with Crippen LogP contribution in [0, 0.1) is 17.8 Å². The topological polar surface area (TPSA) is 35.2 Å². The number of ether oxygens (including phenoxy) is 1. The second-order valence-corrected chi connectivity index (χ2v) is 6.11. The highest BCUT2D eigenvalue weighted by atomic mass is 16.5. The van der Waals surface area contributed by atoms with Gasteiger partial charge in [-0.1, -0.05) is 34.1 Å². The summed E-state index contributed by atoms with van der Waals surface area (Å²) in [6.07, 6.45) is 6.88. The normalized spacial score (nSPS) is 31.8. The van der Waals surface area contributed by atoms with E-state index in [2.05, 4.69) is 27.7 Å². The summed E-state index contributed by atoms with van der Waals surface area (Å²) < 4.78 is 6.35. The molecular weight excluding hydrogens is 210 g/mol. The Kier molecular flexibility index (Phi) is 6.50. The van der Waals surface area contributed by atoms with Gasteiger partial charge in [-0.25, -0.2) is 0 Å². The monoisotopic (exact) mass is 241 g/mol. The first-order valence-electron chi connectivity index (χ1n) is 7.43. The lowest BCUT2D eigenvalue weighted by molar-refractivity contribution is -0.0827. The fraction of sp³-hybridized carbons (Fsp3) is 1.00. The fourth-order valence-corrected chi connectivity index (χ4v) is 3.07. The van der Waals surface area contributed by atoms with E-state index < -0.39 is 0 Å². The van der Waals surface area contributed by atoms with Gasteiger partial charge >= 0.3 is 0 Å². The van der Waals surface area contributed by atoms with Crippen LogP contribution in [0.3, 0.4) is 0 Å². The first-order valence-corrected chi connectivity index (χ1v) is 7.43. The smallest absolute Gasteiger partial charge is 0.0612 e. The molecule has 0 aliphatic heterocycles. The molecule has 1 saturated carbocycles. The Morgan fingerprint density at radius 2 is 2.00 bits per heavy atom. The largest absolute Gasteiger partial charge is 0.375 e. The molecule has 0 saturated heterocycles. The van der Waals surface area contributed by atoms with Gasteiger partial charge in [0.1, 0.15) is 0 Å². The van der Waals surface area contributed by atoms with Crippen LogP contribution >= 0.6 is 0 Å². The average molecular weight is 241 g/mol. The Morgan fingerprint density at radius 1 is 1.29 bits per heavy atom. The van der Waals surface area contributed by atoms with Crippen molar-refractivity contribution in [3.8, 4) is 0 Å². The van der Waals surface area contributed by atoms with Crippen LogP contribution in [0.1, 0.15) is 59.8 Å². The first-order chi connectivity index (χ1) is 8.08. The molecule has 4 atom stereocenters. The molecule has 1 fully saturated rings. The highest BCUT2D eigenvalue weighted by molar-refractivity contribution is 4.82. The van der Waals surface area contributed by atoms with Gasteiger partial charge < -0.3 is 10.5 Å². The summed E-state index contributed by atoms with van der Waals surface area (Å²) in [5.74, 6) is 2.31. The van der Waals surface area contributed by atoms with Gasteiger partial charge in [0.15, 0.2) is 0 Å². The molecule has 1 aliphatic rings. The van der Waals surface area contributed by atoms with Crippen LogP contribution in [0.4, 0.5) is 0 Å². The SMILES string of the molecule is CCC(CCN)OC1CC(C)CCC1C(C)C. The van der Waals surface area contributed by atoms with Crippen molar-refractivity contribution in [1.82, 2.24) is 0 Å². The second kappa shape index (κ2) is 7.38. The van der Waals surface area contributed by atoms with Crippen LogP contribution in [-0.4, -0.2) is 18.8 Å². The molecule has 1 rings (SSSR count). The van der Waals surface area contributed by atoms with Crippen LogP contribution in [-0.2, 0) is 4.74 Å². The van der Waals surface area contributed by atoms with Crippen molar-refractivity contribution >= 4 is 0 Å². The zero-order chi connectivity index (χ0) is 12.8. The molecule has 0 spiro atoms. The van der Waals surface area contributed by atoms with Crippen molar-refractivity contribution in [3.63, 3.8) is 0 Å². The molecule has 0 bridgehead atoms. The van der Waals surface area contributed by atoms with Crippen molar-refractivity contribution in [2.45, 2.75) is 72.0 Å². The highest BCUT2D eigenvalue weighted by Crippen LogP contribution is 2.36. The summed E-state index contributed by atoms with van der Waals surface area (Å²) in [7, 11) is 0. The van der Waals surface area contributed by atoms with E-state index in [1.807, 2.05) is 0 Å². The number of nitrogens with two attached hydrogens (primary N) is 1. The molecule has 17 heavy (non-hydrogen) atoms. The summed E-state index contributed by atoms with van der Waals surface area (Å²) in [5, 5.41) is 0. The van der Waals surface area contributed by atoms with Gasteiger partial charge in [0.2, 0.25) is 0 Å². The molecule has 0 heterocycles. The molecule has 2 nitrogen and oxygen atoms in total. The van der Waals surface area contributed by atoms with Gasteiger partial charge in [-0.2, -0.15) is 0 Å². The zero-order valence-electron chi connectivity index (χ0n) is 12.1. The molecule has 102 valence electrons. The Morgan fingerprint density at radius 3 is 2.53 bits per heavy atom. The molecule has 2 heteroatoms. The van der Waals surface area contributed by atoms with Gasteiger partial charge in [0, 0.05) is 0 Å². The quantitative estimate of drug-likeness (QED) is 0.771. The molecule has 0 amide bonds. The Hall–Kier alpha value is -0.0800. The predicted octanol–water partition coefficient (Wildman–Crippen LogP) is 3.59. The van der Waals surface area contributed by atoms with Crippen LogP contribution in [0.5, 0.6) is 0 Å². The van der Waals surface area contributed by atoms with Crippen LogP contribution < -0.4 is 5.73 Å². The molecule has 2 N–H and O–H groups in total. The van der Waals surface area contributed by atoms with Crippen molar-refractivity contribution in [3.05, 3.63) is 0 Å². The fourth-order valence-electron chi connectivity index (χ4n) is 3.07. The Balaban J connectivity index is 2.55. The van der Waals surface area contributed by atoms with E-state index in [-0.39, 0.29) is 0 Å². The van der Waals surface area contributed by atoms with Crippen molar-refractivity contribution in [2.24, 2.45) is 23.5 Å². The minimum Gasteiger partial charge on any atom is -0.375 e. The van der Waals surface area contributed by atoms with Crippen LogP contribution in [0.15, 0.2) is 0 Å². The predicted molar refractivity (Wildman–Crippen MR) is 74.0 cm³/mol. The summed E-state index contributed by atoms with van der Waals surface area (Å²) in [4.78, 5) is 0. The van der Waals surface area contributed by atoms with E-state index in [0.29, 0.717) is 12.2 Å². The van der Waals surface area contributed by atoms with E-state index in [4.69, 9.17) is 10.5 Å². The third kappa shape index (κ3) is 4.59. The molecule has 0 aromatic heterocycles. The maximum atomic E-state index is 6.35. The number of hydrogen-bond acceptors (Lipinski definition) is 2. The lowest BCUT2D eigenvalue weighted by Crippen LogP contribution is -2.37. The molecule has 0 aromatic rings. The summed E-state index contributed by atoms with van der Waals surface area (Å²) in [5.41, 5.74) is 5.65. The minimum atomic E-state index is 0.372. The lowest BCUT2D eigenvalue weighted by Gasteiger charge is -2.39. The van der Waals surface area contributed by atoms with E-state index in [9.17, 15) is 0 Å². The van der Waals surface area contributed by atoms with E-state index in [0.717, 1.165) is 37.1 Å².